The van der Waals surface area contributed by atoms with Gasteiger partial charge < -0.3 is 5.32 Å². The van der Waals surface area contributed by atoms with Crippen molar-refractivity contribution in [2.45, 2.75) is 18.9 Å². The number of thiophene rings is 1. The Morgan fingerprint density at radius 2 is 2.12 bits per heavy atom. The molecular formula is C13H15ClN2S. The standard InChI is InChI=1S/C13H15ClN2S/c1-9(10-5-3-4-8-16-10)13(15-2)11-6-7-12(14)17-11/h3-9,13,15H,1-2H3. The zero-order chi connectivity index (χ0) is 12.3. The van der Waals surface area contributed by atoms with Crippen LogP contribution in [0.5, 0.6) is 0 Å². The molecule has 2 rings (SSSR count). The summed E-state index contributed by atoms with van der Waals surface area (Å²) in [6, 6.07) is 10.3. The van der Waals surface area contributed by atoms with Crippen LogP contribution in [0.4, 0.5) is 0 Å². The van der Waals surface area contributed by atoms with E-state index in [1.807, 2.05) is 31.4 Å². The van der Waals surface area contributed by atoms with Crippen LogP contribution in [0.1, 0.15) is 29.5 Å². The third-order valence-electron chi connectivity index (χ3n) is 2.87. The van der Waals surface area contributed by atoms with Crippen LogP contribution in [0.15, 0.2) is 36.5 Å². The Bertz CT molecular complexity index is 469. The lowest BCUT2D eigenvalue weighted by molar-refractivity contribution is 0.506. The van der Waals surface area contributed by atoms with Crippen molar-refractivity contribution in [2.75, 3.05) is 7.05 Å². The average Bonchev–Trinajstić information content (AvgIpc) is 2.78. The van der Waals surface area contributed by atoms with E-state index in [0.717, 1.165) is 10.0 Å². The lowest BCUT2D eigenvalue weighted by Gasteiger charge is -2.22. The Balaban J connectivity index is 2.25. The van der Waals surface area contributed by atoms with Crippen LogP contribution in [-0.2, 0) is 0 Å². The Labute approximate surface area is 111 Å². The Morgan fingerprint density at radius 3 is 2.65 bits per heavy atom. The Kier molecular flexibility index (Phi) is 4.15. The fourth-order valence-corrected chi connectivity index (χ4v) is 3.23. The van der Waals surface area contributed by atoms with Crippen LogP contribution < -0.4 is 5.32 Å². The van der Waals surface area contributed by atoms with Gasteiger partial charge in [0.15, 0.2) is 0 Å². The van der Waals surface area contributed by atoms with Gasteiger partial charge in [-0.2, -0.15) is 0 Å². The molecule has 17 heavy (non-hydrogen) atoms. The molecule has 0 aliphatic heterocycles. The fourth-order valence-electron chi connectivity index (χ4n) is 1.95. The van der Waals surface area contributed by atoms with Crippen LogP contribution in [-0.4, -0.2) is 12.0 Å². The van der Waals surface area contributed by atoms with Crippen molar-refractivity contribution in [1.29, 1.82) is 0 Å². The van der Waals surface area contributed by atoms with E-state index in [9.17, 15) is 0 Å². The van der Waals surface area contributed by atoms with Gasteiger partial charge in [0.1, 0.15) is 0 Å². The molecule has 0 aliphatic carbocycles. The second kappa shape index (κ2) is 5.63. The predicted octanol–water partition coefficient (Wildman–Crippen LogP) is 3.86. The molecule has 2 aromatic rings. The summed E-state index contributed by atoms with van der Waals surface area (Å²) >= 11 is 7.61. The van der Waals surface area contributed by atoms with Crippen molar-refractivity contribution in [3.8, 4) is 0 Å². The van der Waals surface area contributed by atoms with E-state index in [2.05, 4.69) is 29.4 Å². The Morgan fingerprint density at radius 1 is 1.29 bits per heavy atom. The highest BCUT2D eigenvalue weighted by Crippen LogP contribution is 2.34. The quantitative estimate of drug-likeness (QED) is 0.909. The molecule has 1 N–H and O–H groups in total. The normalized spacial score (nSPS) is 14.5. The largest absolute Gasteiger partial charge is 0.312 e. The van der Waals surface area contributed by atoms with E-state index in [4.69, 9.17) is 11.6 Å². The summed E-state index contributed by atoms with van der Waals surface area (Å²) in [5, 5.41) is 3.34. The summed E-state index contributed by atoms with van der Waals surface area (Å²) in [5.41, 5.74) is 1.09. The summed E-state index contributed by atoms with van der Waals surface area (Å²) in [5.74, 6) is 0.316. The van der Waals surface area contributed by atoms with E-state index >= 15 is 0 Å². The molecule has 2 aromatic heterocycles. The number of hydrogen-bond acceptors (Lipinski definition) is 3. The summed E-state index contributed by atoms with van der Waals surface area (Å²) in [6.07, 6.45) is 1.83. The smallest absolute Gasteiger partial charge is 0.0931 e. The fraction of sp³-hybridized carbons (Fsp3) is 0.308. The second-order valence-electron chi connectivity index (χ2n) is 3.95. The molecular weight excluding hydrogens is 252 g/mol. The summed E-state index contributed by atoms with van der Waals surface area (Å²) in [7, 11) is 1.97. The minimum absolute atomic E-state index is 0.252. The van der Waals surface area contributed by atoms with Gasteiger partial charge in [-0.25, -0.2) is 0 Å². The van der Waals surface area contributed by atoms with E-state index < -0.39 is 0 Å². The van der Waals surface area contributed by atoms with Gasteiger partial charge >= 0.3 is 0 Å². The maximum Gasteiger partial charge on any atom is 0.0931 e. The molecule has 2 nitrogen and oxygen atoms in total. The van der Waals surface area contributed by atoms with Gasteiger partial charge in [0, 0.05) is 28.7 Å². The number of likely N-dealkylation sites (N-methyl/N-ethyl adjacent to an activating group) is 1. The lowest BCUT2D eigenvalue weighted by Crippen LogP contribution is -2.21. The average molecular weight is 267 g/mol. The molecule has 0 bridgehead atoms. The first kappa shape index (κ1) is 12.6. The summed E-state index contributed by atoms with van der Waals surface area (Å²) in [6.45, 7) is 2.18. The van der Waals surface area contributed by atoms with Crippen molar-refractivity contribution in [2.24, 2.45) is 0 Å². The number of hydrogen-bond donors (Lipinski definition) is 1. The van der Waals surface area contributed by atoms with Gasteiger partial charge in [-0.1, -0.05) is 24.6 Å². The van der Waals surface area contributed by atoms with Crippen molar-refractivity contribution in [3.63, 3.8) is 0 Å². The van der Waals surface area contributed by atoms with Gasteiger partial charge in [-0.15, -0.1) is 11.3 Å². The maximum absolute atomic E-state index is 5.99. The number of rotatable bonds is 4. The minimum atomic E-state index is 0.252. The topological polar surface area (TPSA) is 24.9 Å². The first-order valence-electron chi connectivity index (χ1n) is 5.56. The number of pyridine rings is 1. The minimum Gasteiger partial charge on any atom is -0.312 e. The number of halogens is 1. The van der Waals surface area contributed by atoms with Crippen molar-refractivity contribution >= 4 is 22.9 Å². The van der Waals surface area contributed by atoms with Crippen LogP contribution in [0, 0.1) is 0 Å². The van der Waals surface area contributed by atoms with Gasteiger partial charge in [0.2, 0.25) is 0 Å². The molecule has 0 amide bonds. The highest BCUT2D eigenvalue weighted by molar-refractivity contribution is 7.16. The van der Waals surface area contributed by atoms with Gasteiger partial charge in [0.25, 0.3) is 0 Å². The third kappa shape index (κ3) is 2.86. The second-order valence-corrected chi connectivity index (χ2v) is 5.70. The van der Waals surface area contributed by atoms with Crippen LogP contribution in [0.3, 0.4) is 0 Å². The zero-order valence-electron chi connectivity index (χ0n) is 9.85. The number of aromatic nitrogens is 1. The molecule has 0 fully saturated rings. The Hall–Kier alpha value is -0.900. The molecule has 0 radical (unpaired) electrons. The monoisotopic (exact) mass is 266 g/mol. The predicted molar refractivity (Wildman–Crippen MR) is 73.8 cm³/mol. The van der Waals surface area contributed by atoms with Crippen molar-refractivity contribution < 1.29 is 0 Å². The molecule has 0 saturated carbocycles. The van der Waals surface area contributed by atoms with Gasteiger partial charge in [-0.05, 0) is 31.3 Å². The zero-order valence-corrected chi connectivity index (χ0v) is 11.4. The molecule has 4 heteroatoms. The molecule has 2 unspecified atom stereocenters. The number of nitrogens with zero attached hydrogens (tertiary/aromatic N) is 1. The first-order valence-corrected chi connectivity index (χ1v) is 6.75. The van der Waals surface area contributed by atoms with Crippen LogP contribution in [0.25, 0.3) is 0 Å². The van der Waals surface area contributed by atoms with Gasteiger partial charge in [0.05, 0.1) is 4.34 Å². The van der Waals surface area contributed by atoms with E-state index in [-0.39, 0.29) is 6.04 Å². The molecule has 0 aliphatic rings. The molecule has 0 aromatic carbocycles. The maximum atomic E-state index is 5.99. The molecule has 0 spiro atoms. The highest BCUT2D eigenvalue weighted by atomic mass is 35.5. The molecule has 2 atom stereocenters. The van der Waals surface area contributed by atoms with Crippen LogP contribution in [0.2, 0.25) is 4.34 Å². The molecule has 0 saturated heterocycles. The number of nitrogens with one attached hydrogen (secondary N) is 1. The molecule has 90 valence electrons. The van der Waals surface area contributed by atoms with Crippen LogP contribution >= 0.6 is 22.9 Å². The van der Waals surface area contributed by atoms with Crippen molar-refractivity contribution in [3.05, 3.63) is 51.4 Å². The van der Waals surface area contributed by atoms with Gasteiger partial charge in [-0.3, -0.25) is 4.98 Å². The SMILES string of the molecule is CNC(c1ccc(Cl)s1)C(C)c1ccccn1. The summed E-state index contributed by atoms with van der Waals surface area (Å²) in [4.78, 5) is 5.66. The third-order valence-corrected chi connectivity index (χ3v) is 4.18. The van der Waals surface area contributed by atoms with E-state index in [1.54, 1.807) is 11.3 Å². The van der Waals surface area contributed by atoms with E-state index in [1.165, 1.54) is 4.88 Å². The first-order chi connectivity index (χ1) is 8.22. The van der Waals surface area contributed by atoms with Crippen molar-refractivity contribution in [1.82, 2.24) is 10.3 Å². The molecule has 2 heterocycles. The van der Waals surface area contributed by atoms with E-state index in [0.29, 0.717) is 5.92 Å². The highest BCUT2D eigenvalue weighted by Gasteiger charge is 2.21. The summed E-state index contributed by atoms with van der Waals surface area (Å²) < 4.78 is 0.827. The lowest BCUT2D eigenvalue weighted by atomic mass is 9.96.